The summed E-state index contributed by atoms with van der Waals surface area (Å²) < 4.78 is 1.67. The van der Waals surface area contributed by atoms with Crippen LogP contribution in [0.5, 0.6) is 0 Å². The van der Waals surface area contributed by atoms with Crippen LogP contribution in [0.15, 0.2) is 34.0 Å². The number of benzene rings is 1. The first-order chi connectivity index (χ1) is 8.54. The van der Waals surface area contributed by atoms with E-state index in [1.54, 1.807) is 16.4 Å². The second kappa shape index (κ2) is 5.06. The highest BCUT2D eigenvalue weighted by molar-refractivity contribution is 7.98. The second-order valence-electron chi connectivity index (χ2n) is 4.61. The first kappa shape index (κ1) is 13.0. The molecular weight excluding hydrogens is 244 g/mol. The minimum absolute atomic E-state index is 0.0638. The van der Waals surface area contributed by atoms with Crippen molar-refractivity contribution < 1.29 is 0 Å². The predicted molar refractivity (Wildman–Crippen MR) is 77.4 cm³/mol. The molecule has 18 heavy (non-hydrogen) atoms. The third-order valence-electron chi connectivity index (χ3n) is 3.04. The number of nitrogens with zero attached hydrogens (tertiary/aromatic N) is 1. The molecule has 0 saturated heterocycles. The number of aromatic amines is 1. The zero-order valence-electron chi connectivity index (χ0n) is 11.2. The summed E-state index contributed by atoms with van der Waals surface area (Å²) in [6, 6.07) is 8.40. The highest BCUT2D eigenvalue weighted by Gasteiger charge is 2.13. The van der Waals surface area contributed by atoms with Crippen LogP contribution in [-0.4, -0.2) is 16.0 Å². The molecule has 1 N–H and O–H groups in total. The SMILES string of the molecule is CSc1ccc(-c2[nH]n(C(C)C)c(=O)c2C)cc1. The van der Waals surface area contributed by atoms with E-state index in [0.29, 0.717) is 0 Å². The van der Waals surface area contributed by atoms with Crippen molar-refractivity contribution in [3.8, 4) is 11.3 Å². The highest BCUT2D eigenvalue weighted by Crippen LogP contribution is 2.23. The molecule has 0 aliphatic carbocycles. The van der Waals surface area contributed by atoms with Gasteiger partial charge in [-0.2, -0.15) is 0 Å². The van der Waals surface area contributed by atoms with Gasteiger partial charge in [-0.25, -0.2) is 4.68 Å². The molecule has 0 aliphatic rings. The van der Waals surface area contributed by atoms with E-state index in [9.17, 15) is 4.79 Å². The van der Waals surface area contributed by atoms with E-state index >= 15 is 0 Å². The monoisotopic (exact) mass is 262 g/mol. The largest absolute Gasteiger partial charge is 0.294 e. The average Bonchev–Trinajstić information content (AvgIpc) is 2.67. The first-order valence-electron chi connectivity index (χ1n) is 6.00. The van der Waals surface area contributed by atoms with Crippen molar-refractivity contribution in [3.63, 3.8) is 0 Å². The van der Waals surface area contributed by atoms with Gasteiger partial charge in [0.25, 0.3) is 5.56 Å². The molecule has 96 valence electrons. The van der Waals surface area contributed by atoms with Gasteiger partial charge in [0, 0.05) is 16.5 Å². The highest BCUT2D eigenvalue weighted by atomic mass is 32.2. The average molecular weight is 262 g/mol. The molecule has 0 unspecified atom stereocenters. The van der Waals surface area contributed by atoms with Gasteiger partial charge in [0.2, 0.25) is 0 Å². The third-order valence-corrected chi connectivity index (χ3v) is 3.79. The van der Waals surface area contributed by atoms with Gasteiger partial charge in [0.05, 0.1) is 5.69 Å². The molecule has 1 heterocycles. The van der Waals surface area contributed by atoms with Crippen molar-refractivity contribution in [3.05, 3.63) is 40.2 Å². The number of thioether (sulfide) groups is 1. The molecule has 1 aromatic heterocycles. The maximum absolute atomic E-state index is 12.1. The third kappa shape index (κ3) is 2.25. The van der Waals surface area contributed by atoms with E-state index in [1.807, 2.05) is 20.8 Å². The Morgan fingerprint density at radius 1 is 1.22 bits per heavy atom. The Labute approximate surface area is 111 Å². The number of aromatic nitrogens is 2. The van der Waals surface area contributed by atoms with E-state index in [0.717, 1.165) is 16.8 Å². The number of H-pyrrole nitrogens is 1. The standard InChI is InChI=1S/C14H18N2OS/c1-9(2)16-14(17)10(3)13(15-16)11-5-7-12(18-4)8-6-11/h5-9,15H,1-4H3. The summed E-state index contributed by atoms with van der Waals surface area (Å²) in [5.41, 5.74) is 2.82. The molecule has 0 fully saturated rings. The molecule has 2 rings (SSSR count). The Kier molecular flexibility index (Phi) is 3.66. The lowest BCUT2D eigenvalue weighted by Gasteiger charge is -2.05. The van der Waals surface area contributed by atoms with Crippen molar-refractivity contribution in [1.82, 2.24) is 9.78 Å². The Morgan fingerprint density at radius 3 is 2.28 bits per heavy atom. The zero-order valence-corrected chi connectivity index (χ0v) is 12.0. The van der Waals surface area contributed by atoms with Crippen LogP contribution in [0.2, 0.25) is 0 Å². The van der Waals surface area contributed by atoms with Crippen LogP contribution >= 0.6 is 11.8 Å². The van der Waals surface area contributed by atoms with Crippen molar-refractivity contribution in [2.45, 2.75) is 31.7 Å². The fourth-order valence-electron chi connectivity index (χ4n) is 1.95. The normalized spacial score (nSPS) is 11.2. The summed E-state index contributed by atoms with van der Waals surface area (Å²) >= 11 is 1.71. The van der Waals surface area contributed by atoms with Crippen LogP contribution in [0.25, 0.3) is 11.3 Å². The van der Waals surface area contributed by atoms with Crippen molar-refractivity contribution in [2.24, 2.45) is 0 Å². The summed E-state index contributed by atoms with van der Waals surface area (Å²) in [7, 11) is 0. The number of hydrogen-bond donors (Lipinski definition) is 1. The van der Waals surface area contributed by atoms with E-state index in [4.69, 9.17) is 0 Å². The van der Waals surface area contributed by atoms with Gasteiger partial charge in [-0.1, -0.05) is 12.1 Å². The Hall–Kier alpha value is -1.42. The minimum Gasteiger partial charge on any atom is -0.294 e. The van der Waals surface area contributed by atoms with Gasteiger partial charge >= 0.3 is 0 Å². The Morgan fingerprint density at radius 2 is 1.83 bits per heavy atom. The van der Waals surface area contributed by atoms with E-state index < -0.39 is 0 Å². The van der Waals surface area contributed by atoms with Gasteiger partial charge in [0.15, 0.2) is 0 Å². The minimum atomic E-state index is 0.0638. The summed E-state index contributed by atoms with van der Waals surface area (Å²) in [4.78, 5) is 13.3. The second-order valence-corrected chi connectivity index (χ2v) is 5.49. The molecule has 0 radical (unpaired) electrons. The Balaban J connectivity index is 2.50. The van der Waals surface area contributed by atoms with Crippen LogP contribution in [-0.2, 0) is 0 Å². The Bertz CT molecular complexity index is 593. The number of rotatable bonds is 3. The van der Waals surface area contributed by atoms with Gasteiger partial charge < -0.3 is 0 Å². The molecule has 3 nitrogen and oxygen atoms in total. The smallest absolute Gasteiger partial charge is 0.270 e. The topological polar surface area (TPSA) is 37.8 Å². The molecule has 1 aromatic carbocycles. The molecule has 0 atom stereocenters. The fourth-order valence-corrected chi connectivity index (χ4v) is 2.35. The van der Waals surface area contributed by atoms with Crippen LogP contribution in [0.3, 0.4) is 0 Å². The molecule has 4 heteroatoms. The van der Waals surface area contributed by atoms with Crippen LogP contribution in [0, 0.1) is 6.92 Å². The predicted octanol–water partition coefficient (Wildman–Crippen LogP) is 3.45. The maximum atomic E-state index is 12.1. The van der Waals surface area contributed by atoms with E-state index in [-0.39, 0.29) is 11.6 Å². The van der Waals surface area contributed by atoms with Crippen LogP contribution in [0.4, 0.5) is 0 Å². The molecule has 0 bridgehead atoms. The summed E-state index contributed by atoms with van der Waals surface area (Å²) in [5.74, 6) is 0. The van der Waals surface area contributed by atoms with Gasteiger partial charge in [-0.05, 0) is 44.7 Å². The fraction of sp³-hybridized carbons (Fsp3) is 0.357. The summed E-state index contributed by atoms with van der Waals surface area (Å²) in [6.07, 6.45) is 2.05. The molecule has 0 aliphatic heterocycles. The van der Waals surface area contributed by atoms with Gasteiger partial charge in [0.1, 0.15) is 0 Å². The molecule has 2 aromatic rings. The lowest BCUT2D eigenvalue weighted by atomic mass is 10.1. The van der Waals surface area contributed by atoms with Crippen molar-refractivity contribution in [2.75, 3.05) is 6.26 Å². The maximum Gasteiger partial charge on any atom is 0.270 e. The lowest BCUT2D eigenvalue weighted by Crippen LogP contribution is -2.19. The van der Waals surface area contributed by atoms with E-state index in [2.05, 4.69) is 35.6 Å². The molecule has 0 saturated carbocycles. The molecule has 0 spiro atoms. The van der Waals surface area contributed by atoms with Gasteiger partial charge in [-0.15, -0.1) is 11.8 Å². The number of nitrogens with one attached hydrogen (secondary N) is 1. The summed E-state index contributed by atoms with van der Waals surface area (Å²) in [5, 5.41) is 3.20. The van der Waals surface area contributed by atoms with E-state index in [1.165, 1.54) is 4.90 Å². The van der Waals surface area contributed by atoms with Crippen LogP contribution in [0.1, 0.15) is 25.5 Å². The van der Waals surface area contributed by atoms with Crippen molar-refractivity contribution in [1.29, 1.82) is 0 Å². The van der Waals surface area contributed by atoms with Crippen LogP contribution < -0.4 is 5.56 Å². The summed E-state index contributed by atoms with van der Waals surface area (Å²) in [6.45, 7) is 5.87. The number of hydrogen-bond acceptors (Lipinski definition) is 2. The lowest BCUT2D eigenvalue weighted by molar-refractivity contribution is 0.517. The molecular formula is C14H18N2OS. The quantitative estimate of drug-likeness (QED) is 0.860. The first-order valence-corrected chi connectivity index (χ1v) is 7.22. The van der Waals surface area contributed by atoms with Crippen molar-refractivity contribution >= 4 is 11.8 Å². The van der Waals surface area contributed by atoms with Gasteiger partial charge in [-0.3, -0.25) is 9.89 Å². The molecule has 0 amide bonds. The zero-order chi connectivity index (χ0) is 13.3.